The predicted molar refractivity (Wildman–Crippen MR) is 83.3 cm³/mol. The second kappa shape index (κ2) is 14.7. The maximum atomic E-state index is 5.80. The minimum Gasteiger partial charge on any atom is -0.378 e. The van der Waals surface area contributed by atoms with E-state index in [4.69, 9.17) is 23.7 Å². The van der Waals surface area contributed by atoms with Crippen LogP contribution in [0.15, 0.2) is 0 Å². The van der Waals surface area contributed by atoms with Crippen molar-refractivity contribution in [2.45, 2.75) is 72.6 Å². The third-order valence-electron chi connectivity index (χ3n) is 2.99. The summed E-state index contributed by atoms with van der Waals surface area (Å²) >= 11 is 0. The van der Waals surface area contributed by atoms with Crippen LogP contribution in [0.25, 0.3) is 0 Å². The second-order valence-electron chi connectivity index (χ2n) is 4.57. The quantitative estimate of drug-likeness (QED) is 0.434. The molecule has 128 valence electrons. The summed E-state index contributed by atoms with van der Waals surface area (Å²) in [4.78, 5) is 0. The highest BCUT2D eigenvalue weighted by Gasteiger charge is 2.19. The third-order valence-corrected chi connectivity index (χ3v) is 2.99. The first-order valence-corrected chi connectivity index (χ1v) is 8.29. The van der Waals surface area contributed by atoms with Crippen LogP contribution in [0.4, 0.5) is 0 Å². The van der Waals surface area contributed by atoms with Gasteiger partial charge in [-0.15, -0.1) is 0 Å². The minimum absolute atomic E-state index is 0.0986. The summed E-state index contributed by atoms with van der Waals surface area (Å²) in [6.45, 7) is 13.2. The normalized spacial score (nSPS) is 13.3. The van der Waals surface area contributed by atoms with Crippen molar-refractivity contribution in [2.75, 3.05) is 33.0 Å². The smallest absolute Gasteiger partial charge is 0.160 e. The fraction of sp³-hybridized carbons (Fsp3) is 1.00. The fourth-order valence-electron chi connectivity index (χ4n) is 2.18. The highest BCUT2D eigenvalue weighted by molar-refractivity contribution is 4.63. The van der Waals surface area contributed by atoms with Gasteiger partial charge in [-0.1, -0.05) is 0 Å². The van der Waals surface area contributed by atoms with Crippen molar-refractivity contribution in [3.8, 4) is 0 Å². The van der Waals surface area contributed by atoms with Crippen molar-refractivity contribution in [3.63, 3.8) is 0 Å². The first-order chi connectivity index (χ1) is 10.2. The van der Waals surface area contributed by atoms with Crippen LogP contribution in [-0.2, 0) is 23.7 Å². The van der Waals surface area contributed by atoms with Crippen LogP contribution in [0.2, 0.25) is 0 Å². The Bertz CT molecular complexity index is 201. The summed E-state index contributed by atoms with van der Waals surface area (Å²) in [6.07, 6.45) is 2.17. The van der Waals surface area contributed by atoms with E-state index in [1.165, 1.54) is 0 Å². The molecule has 0 aliphatic rings. The van der Waals surface area contributed by atoms with Gasteiger partial charge < -0.3 is 23.7 Å². The fourth-order valence-corrected chi connectivity index (χ4v) is 2.18. The molecule has 0 amide bonds. The van der Waals surface area contributed by atoms with Gasteiger partial charge in [-0.25, -0.2) is 0 Å². The Morgan fingerprint density at radius 3 is 1.38 bits per heavy atom. The van der Waals surface area contributed by atoms with Crippen LogP contribution < -0.4 is 0 Å². The molecule has 0 heterocycles. The molecule has 0 aromatic rings. The third kappa shape index (κ3) is 11.1. The standard InChI is InChI=1S/C16H34O5/c1-6-17-14(13-16(20-9-4)21-10-5)11-12-15(18-7-2)19-8-3/h14-16H,6-13H2,1-5H3. The number of hydrogen-bond donors (Lipinski definition) is 0. The van der Waals surface area contributed by atoms with E-state index in [1.54, 1.807) is 0 Å². The van der Waals surface area contributed by atoms with E-state index in [0.717, 1.165) is 19.3 Å². The number of ether oxygens (including phenoxy) is 5. The second-order valence-corrected chi connectivity index (χ2v) is 4.57. The zero-order valence-electron chi connectivity index (χ0n) is 14.4. The maximum Gasteiger partial charge on any atom is 0.160 e. The van der Waals surface area contributed by atoms with E-state index in [2.05, 4.69) is 0 Å². The summed E-state index contributed by atoms with van der Waals surface area (Å²) in [5.41, 5.74) is 0. The molecule has 0 saturated carbocycles. The molecular weight excluding hydrogens is 272 g/mol. The molecule has 5 nitrogen and oxygen atoms in total. The minimum atomic E-state index is -0.200. The molecule has 1 unspecified atom stereocenters. The number of hydrogen-bond acceptors (Lipinski definition) is 5. The lowest BCUT2D eigenvalue weighted by atomic mass is 10.1. The van der Waals surface area contributed by atoms with E-state index in [1.807, 2.05) is 34.6 Å². The van der Waals surface area contributed by atoms with Crippen molar-refractivity contribution in [1.29, 1.82) is 0 Å². The van der Waals surface area contributed by atoms with Crippen molar-refractivity contribution < 1.29 is 23.7 Å². The SMILES string of the molecule is CCOC(CCC(OCC)OCC)CC(OCC)OCC. The Morgan fingerprint density at radius 1 is 0.524 bits per heavy atom. The molecular formula is C16H34O5. The van der Waals surface area contributed by atoms with Crippen LogP contribution >= 0.6 is 0 Å². The zero-order chi connectivity index (χ0) is 15.9. The average Bonchev–Trinajstić information content (AvgIpc) is 2.45. The van der Waals surface area contributed by atoms with E-state index >= 15 is 0 Å². The molecule has 1 atom stereocenters. The largest absolute Gasteiger partial charge is 0.378 e. The molecule has 0 aromatic carbocycles. The average molecular weight is 306 g/mol. The van der Waals surface area contributed by atoms with Crippen LogP contribution in [0.5, 0.6) is 0 Å². The van der Waals surface area contributed by atoms with E-state index in [-0.39, 0.29) is 18.7 Å². The lowest BCUT2D eigenvalue weighted by Gasteiger charge is -2.25. The summed E-state index contributed by atoms with van der Waals surface area (Å²) in [5, 5.41) is 0. The first-order valence-electron chi connectivity index (χ1n) is 8.29. The van der Waals surface area contributed by atoms with Crippen molar-refractivity contribution in [1.82, 2.24) is 0 Å². The number of rotatable bonds is 15. The summed E-state index contributed by atoms with van der Waals surface area (Å²) in [5.74, 6) is 0. The van der Waals surface area contributed by atoms with Crippen LogP contribution in [-0.4, -0.2) is 51.7 Å². The molecule has 0 saturated heterocycles. The van der Waals surface area contributed by atoms with Gasteiger partial charge in [-0.2, -0.15) is 0 Å². The molecule has 0 spiro atoms. The first kappa shape index (κ1) is 20.8. The van der Waals surface area contributed by atoms with Gasteiger partial charge in [0.15, 0.2) is 12.6 Å². The zero-order valence-corrected chi connectivity index (χ0v) is 14.4. The topological polar surface area (TPSA) is 46.2 Å². The summed E-state index contributed by atoms with van der Waals surface area (Å²) < 4.78 is 28.1. The molecule has 0 aliphatic carbocycles. The van der Waals surface area contributed by atoms with Crippen LogP contribution in [0, 0.1) is 0 Å². The Morgan fingerprint density at radius 2 is 0.952 bits per heavy atom. The Hall–Kier alpha value is -0.200. The molecule has 0 aliphatic heterocycles. The van der Waals surface area contributed by atoms with E-state index in [0.29, 0.717) is 33.0 Å². The molecule has 0 rings (SSSR count). The lowest BCUT2D eigenvalue weighted by molar-refractivity contribution is -0.166. The van der Waals surface area contributed by atoms with Crippen molar-refractivity contribution >= 4 is 0 Å². The Labute approximate surface area is 130 Å². The molecule has 0 aromatic heterocycles. The van der Waals surface area contributed by atoms with Gasteiger partial charge in [-0.3, -0.25) is 0 Å². The highest BCUT2D eigenvalue weighted by Crippen LogP contribution is 2.16. The molecule has 0 fully saturated rings. The van der Waals surface area contributed by atoms with Gasteiger partial charge in [0.2, 0.25) is 0 Å². The van der Waals surface area contributed by atoms with Gasteiger partial charge in [0.25, 0.3) is 0 Å². The van der Waals surface area contributed by atoms with Gasteiger partial charge in [-0.05, 0) is 41.0 Å². The lowest BCUT2D eigenvalue weighted by Crippen LogP contribution is -2.28. The molecule has 0 bridgehead atoms. The molecule has 5 heteroatoms. The van der Waals surface area contributed by atoms with Gasteiger partial charge in [0.1, 0.15) is 0 Å². The summed E-state index contributed by atoms with van der Waals surface area (Å²) in [6, 6.07) is 0. The Balaban J connectivity index is 4.30. The molecule has 0 radical (unpaired) electrons. The predicted octanol–water partition coefficient (Wildman–Crippen LogP) is 3.36. The van der Waals surface area contributed by atoms with Crippen LogP contribution in [0.3, 0.4) is 0 Å². The molecule has 0 N–H and O–H groups in total. The Kier molecular flexibility index (Phi) is 14.6. The van der Waals surface area contributed by atoms with E-state index < -0.39 is 0 Å². The van der Waals surface area contributed by atoms with Gasteiger partial charge in [0.05, 0.1) is 6.10 Å². The van der Waals surface area contributed by atoms with E-state index in [9.17, 15) is 0 Å². The van der Waals surface area contributed by atoms with Crippen molar-refractivity contribution in [2.24, 2.45) is 0 Å². The van der Waals surface area contributed by atoms with Crippen LogP contribution in [0.1, 0.15) is 53.9 Å². The molecule has 21 heavy (non-hydrogen) atoms. The highest BCUT2D eigenvalue weighted by atomic mass is 16.7. The van der Waals surface area contributed by atoms with Gasteiger partial charge in [0, 0.05) is 45.9 Å². The van der Waals surface area contributed by atoms with Crippen molar-refractivity contribution in [3.05, 3.63) is 0 Å². The summed E-state index contributed by atoms with van der Waals surface area (Å²) in [7, 11) is 0. The van der Waals surface area contributed by atoms with Gasteiger partial charge >= 0.3 is 0 Å². The maximum absolute atomic E-state index is 5.80. The monoisotopic (exact) mass is 306 g/mol.